The lowest BCUT2D eigenvalue weighted by molar-refractivity contribution is 0.576. The summed E-state index contributed by atoms with van der Waals surface area (Å²) in [6, 6.07) is 0. The lowest BCUT2D eigenvalue weighted by Gasteiger charge is -2.10. The van der Waals surface area contributed by atoms with Gasteiger partial charge in [-0.2, -0.15) is 0 Å². The van der Waals surface area contributed by atoms with Crippen molar-refractivity contribution < 1.29 is 0 Å². The van der Waals surface area contributed by atoms with E-state index in [1.807, 2.05) is 14.0 Å². The van der Waals surface area contributed by atoms with Crippen LogP contribution in [-0.2, 0) is 7.05 Å². The van der Waals surface area contributed by atoms with E-state index in [1.54, 1.807) is 0 Å². The summed E-state index contributed by atoms with van der Waals surface area (Å²) in [5.74, 6) is 1.88. The summed E-state index contributed by atoms with van der Waals surface area (Å²) < 4.78 is 2.06. The van der Waals surface area contributed by atoms with E-state index in [4.69, 9.17) is 0 Å². The lowest BCUT2D eigenvalue weighted by Crippen LogP contribution is -2.13. The van der Waals surface area contributed by atoms with E-state index in [9.17, 15) is 0 Å². The molecule has 1 aromatic rings. The predicted octanol–water partition coefficient (Wildman–Crippen LogP) is 2.33. The molecule has 78 valence electrons. The summed E-state index contributed by atoms with van der Waals surface area (Å²) in [7, 11) is 2.04. The van der Waals surface area contributed by atoms with Gasteiger partial charge in [-0.25, -0.2) is 4.98 Å². The minimum absolute atomic E-state index is 0.868. The molecule has 3 nitrogen and oxygen atoms in total. The first-order chi connectivity index (χ1) is 6.75. The van der Waals surface area contributed by atoms with Crippen LogP contribution >= 0.6 is 0 Å². The maximum atomic E-state index is 4.42. The second-order valence-electron chi connectivity index (χ2n) is 4.35. The van der Waals surface area contributed by atoms with Gasteiger partial charge < -0.3 is 9.88 Å². The van der Waals surface area contributed by atoms with Gasteiger partial charge in [-0.05, 0) is 25.7 Å². The number of anilines is 1. The molecule has 3 heteroatoms. The molecule has 0 radical (unpaired) electrons. The molecule has 1 N–H and O–H groups in total. The van der Waals surface area contributed by atoms with Gasteiger partial charge in [-0.3, -0.25) is 0 Å². The summed E-state index contributed by atoms with van der Waals surface area (Å²) in [6.45, 7) is 3.12. The molecule has 0 aromatic carbocycles. The van der Waals surface area contributed by atoms with Gasteiger partial charge in [0, 0.05) is 19.8 Å². The highest BCUT2D eigenvalue weighted by molar-refractivity contribution is 5.28. The third kappa shape index (κ3) is 2.08. The molecule has 2 rings (SSSR count). The highest BCUT2D eigenvalue weighted by atomic mass is 15.2. The van der Waals surface area contributed by atoms with E-state index in [1.165, 1.54) is 25.7 Å². The van der Waals surface area contributed by atoms with Gasteiger partial charge in [0.25, 0.3) is 0 Å². The fraction of sp³-hybridized carbons (Fsp3) is 0.727. The van der Waals surface area contributed by atoms with Crippen LogP contribution in [0.25, 0.3) is 0 Å². The van der Waals surface area contributed by atoms with Gasteiger partial charge >= 0.3 is 0 Å². The van der Waals surface area contributed by atoms with Gasteiger partial charge in [0.2, 0.25) is 5.95 Å². The molecule has 0 saturated heterocycles. The molecule has 1 fully saturated rings. The molecule has 0 atom stereocenters. The van der Waals surface area contributed by atoms with Crippen molar-refractivity contribution in [2.75, 3.05) is 11.9 Å². The van der Waals surface area contributed by atoms with Crippen LogP contribution < -0.4 is 5.32 Å². The molecule has 0 bridgehead atoms. The molecule has 0 amide bonds. The highest BCUT2D eigenvalue weighted by Gasteiger charge is 2.15. The molecular weight excluding hydrogens is 174 g/mol. The normalized spacial score (nSPS) is 17.6. The van der Waals surface area contributed by atoms with E-state index >= 15 is 0 Å². The highest BCUT2D eigenvalue weighted by Crippen LogP contribution is 2.24. The quantitative estimate of drug-likeness (QED) is 0.798. The van der Waals surface area contributed by atoms with Gasteiger partial charge in [-0.1, -0.05) is 12.8 Å². The fourth-order valence-electron chi connectivity index (χ4n) is 2.23. The zero-order valence-corrected chi connectivity index (χ0v) is 9.08. The van der Waals surface area contributed by atoms with Crippen LogP contribution in [-0.4, -0.2) is 16.1 Å². The van der Waals surface area contributed by atoms with Crippen molar-refractivity contribution >= 4 is 5.95 Å². The Morgan fingerprint density at radius 2 is 2.21 bits per heavy atom. The average Bonchev–Trinajstić information content (AvgIpc) is 2.72. The molecule has 1 aromatic heterocycles. The van der Waals surface area contributed by atoms with E-state index in [2.05, 4.69) is 21.1 Å². The fourth-order valence-corrected chi connectivity index (χ4v) is 2.23. The van der Waals surface area contributed by atoms with Crippen molar-refractivity contribution in [1.29, 1.82) is 0 Å². The third-order valence-electron chi connectivity index (χ3n) is 3.02. The second kappa shape index (κ2) is 4.03. The first-order valence-corrected chi connectivity index (χ1v) is 5.49. The number of imidazole rings is 1. The molecule has 1 saturated carbocycles. The molecule has 14 heavy (non-hydrogen) atoms. The third-order valence-corrected chi connectivity index (χ3v) is 3.02. The predicted molar refractivity (Wildman–Crippen MR) is 58.4 cm³/mol. The Bertz CT molecular complexity index is 297. The Balaban J connectivity index is 1.87. The molecule has 1 aliphatic rings. The van der Waals surface area contributed by atoms with Gasteiger partial charge in [-0.15, -0.1) is 0 Å². The second-order valence-corrected chi connectivity index (χ2v) is 4.35. The van der Waals surface area contributed by atoms with Crippen molar-refractivity contribution in [3.63, 3.8) is 0 Å². The van der Waals surface area contributed by atoms with E-state index in [-0.39, 0.29) is 0 Å². The number of hydrogen-bond donors (Lipinski definition) is 1. The van der Waals surface area contributed by atoms with Crippen LogP contribution in [0, 0.1) is 12.8 Å². The van der Waals surface area contributed by atoms with Crippen molar-refractivity contribution in [2.24, 2.45) is 13.0 Å². The summed E-state index contributed by atoms with van der Waals surface area (Å²) in [5.41, 5.74) is 1.08. The number of aromatic nitrogens is 2. The van der Waals surface area contributed by atoms with Crippen LogP contribution in [0.3, 0.4) is 0 Å². The number of nitrogens with zero attached hydrogens (tertiary/aromatic N) is 2. The molecule has 0 unspecified atom stereocenters. The summed E-state index contributed by atoms with van der Waals surface area (Å²) in [4.78, 5) is 4.42. The number of aryl methyl sites for hydroxylation is 2. The van der Waals surface area contributed by atoms with Crippen LogP contribution in [0.1, 0.15) is 31.4 Å². The Kier molecular flexibility index (Phi) is 2.75. The largest absolute Gasteiger partial charge is 0.355 e. The Morgan fingerprint density at radius 1 is 1.50 bits per heavy atom. The Hall–Kier alpha value is -0.990. The minimum atomic E-state index is 0.868. The SMILES string of the molecule is Cc1cn(C)c(NCC2CCCC2)n1. The molecular formula is C11H19N3. The van der Waals surface area contributed by atoms with Crippen molar-refractivity contribution in [3.05, 3.63) is 11.9 Å². The smallest absolute Gasteiger partial charge is 0.202 e. The summed E-state index contributed by atoms with van der Waals surface area (Å²) in [5, 5.41) is 3.43. The van der Waals surface area contributed by atoms with Crippen molar-refractivity contribution in [3.8, 4) is 0 Å². The molecule has 1 heterocycles. The van der Waals surface area contributed by atoms with Crippen LogP contribution in [0.2, 0.25) is 0 Å². The zero-order valence-electron chi connectivity index (χ0n) is 9.08. The van der Waals surface area contributed by atoms with Gasteiger partial charge in [0.1, 0.15) is 0 Å². The van der Waals surface area contributed by atoms with Gasteiger partial charge in [0.15, 0.2) is 0 Å². The Morgan fingerprint density at radius 3 is 2.79 bits per heavy atom. The molecule has 0 aliphatic heterocycles. The lowest BCUT2D eigenvalue weighted by atomic mass is 10.1. The number of nitrogens with one attached hydrogen (secondary N) is 1. The molecule has 0 spiro atoms. The van der Waals surface area contributed by atoms with Crippen LogP contribution in [0.4, 0.5) is 5.95 Å². The number of rotatable bonds is 3. The Labute approximate surface area is 85.5 Å². The average molecular weight is 193 g/mol. The maximum absolute atomic E-state index is 4.42. The summed E-state index contributed by atoms with van der Waals surface area (Å²) >= 11 is 0. The monoisotopic (exact) mass is 193 g/mol. The maximum Gasteiger partial charge on any atom is 0.202 e. The summed E-state index contributed by atoms with van der Waals surface area (Å²) in [6.07, 6.45) is 7.64. The van der Waals surface area contributed by atoms with E-state index < -0.39 is 0 Å². The zero-order chi connectivity index (χ0) is 9.97. The topological polar surface area (TPSA) is 29.9 Å². The first-order valence-electron chi connectivity index (χ1n) is 5.49. The van der Waals surface area contributed by atoms with Crippen molar-refractivity contribution in [1.82, 2.24) is 9.55 Å². The minimum Gasteiger partial charge on any atom is -0.355 e. The van der Waals surface area contributed by atoms with Gasteiger partial charge in [0.05, 0.1) is 5.69 Å². The standard InChI is InChI=1S/C11H19N3/c1-9-8-14(2)11(13-9)12-7-10-5-3-4-6-10/h8,10H,3-7H2,1-2H3,(H,12,13). The van der Waals surface area contributed by atoms with E-state index in [0.29, 0.717) is 0 Å². The van der Waals surface area contributed by atoms with Crippen LogP contribution in [0.5, 0.6) is 0 Å². The van der Waals surface area contributed by atoms with Crippen LogP contribution in [0.15, 0.2) is 6.20 Å². The van der Waals surface area contributed by atoms with Crippen molar-refractivity contribution in [2.45, 2.75) is 32.6 Å². The number of hydrogen-bond acceptors (Lipinski definition) is 2. The first kappa shape index (κ1) is 9.56. The molecule has 1 aliphatic carbocycles. The van der Waals surface area contributed by atoms with E-state index in [0.717, 1.165) is 24.1 Å².